The van der Waals surface area contributed by atoms with E-state index in [4.69, 9.17) is 0 Å². The average molecular weight is 295 g/mol. The normalized spacial score (nSPS) is 27.0. The van der Waals surface area contributed by atoms with Gasteiger partial charge in [-0.25, -0.2) is 4.98 Å². The van der Waals surface area contributed by atoms with Crippen LogP contribution in [0.15, 0.2) is 30.5 Å². The van der Waals surface area contributed by atoms with Gasteiger partial charge in [-0.15, -0.1) is 11.3 Å². The molecule has 1 aromatic carbocycles. The van der Waals surface area contributed by atoms with Gasteiger partial charge in [0.05, 0.1) is 12.1 Å². The highest BCUT2D eigenvalue weighted by atomic mass is 32.1. The third-order valence-corrected chi connectivity index (χ3v) is 5.88. The molecule has 1 saturated heterocycles. The molecule has 21 heavy (non-hydrogen) atoms. The van der Waals surface area contributed by atoms with Crippen molar-refractivity contribution in [2.24, 2.45) is 0 Å². The van der Waals surface area contributed by atoms with E-state index < -0.39 is 5.41 Å². The van der Waals surface area contributed by atoms with E-state index in [9.17, 15) is 5.26 Å². The second-order valence-corrected chi connectivity index (χ2v) is 7.25. The van der Waals surface area contributed by atoms with Crippen molar-refractivity contribution in [2.45, 2.75) is 37.6 Å². The number of para-hydroxylation sites is 1. The van der Waals surface area contributed by atoms with E-state index in [-0.39, 0.29) is 6.04 Å². The number of benzene rings is 1. The Morgan fingerprint density at radius 1 is 1.43 bits per heavy atom. The van der Waals surface area contributed by atoms with Crippen LogP contribution in [-0.4, -0.2) is 17.6 Å². The van der Waals surface area contributed by atoms with Crippen molar-refractivity contribution in [3.05, 3.63) is 45.9 Å². The van der Waals surface area contributed by atoms with Gasteiger partial charge in [0.25, 0.3) is 0 Å². The lowest BCUT2D eigenvalue weighted by atomic mass is 9.72. The summed E-state index contributed by atoms with van der Waals surface area (Å²) in [5.74, 6) is 0. The highest BCUT2D eigenvalue weighted by Gasteiger charge is 2.51. The van der Waals surface area contributed by atoms with E-state index in [0.29, 0.717) is 0 Å². The maximum absolute atomic E-state index is 10.1. The molecule has 1 fully saturated rings. The Balaban J connectivity index is 1.91. The van der Waals surface area contributed by atoms with E-state index in [1.165, 1.54) is 16.1 Å². The first kappa shape index (κ1) is 12.8. The number of thiazole rings is 1. The van der Waals surface area contributed by atoms with Crippen molar-refractivity contribution < 1.29 is 0 Å². The minimum absolute atomic E-state index is 0.267. The first-order valence-electron chi connectivity index (χ1n) is 7.43. The van der Waals surface area contributed by atoms with Gasteiger partial charge in [0.1, 0.15) is 10.4 Å². The second kappa shape index (κ2) is 4.57. The summed E-state index contributed by atoms with van der Waals surface area (Å²) in [6, 6.07) is 11.5. The monoisotopic (exact) mass is 295 g/mol. The van der Waals surface area contributed by atoms with Gasteiger partial charge in [-0.3, -0.25) is 0 Å². The lowest BCUT2D eigenvalue weighted by Crippen LogP contribution is -2.51. The molecule has 0 saturated carbocycles. The Bertz CT molecular complexity index is 730. The smallest absolute Gasteiger partial charge is 0.133 e. The van der Waals surface area contributed by atoms with Crippen molar-refractivity contribution in [3.8, 4) is 6.07 Å². The van der Waals surface area contributed by atoms with Gasteiger partial charge in [0, 0.05) is 29.7 Å². The molecule has 2 aromatic rings. The summed E-state index contributed by atoms with van der Waals surface area (Å²) in [7, 11) is 0. The van der Waals surface area contributed by atoms with Gasteiger partial charge in [-0.2, -0.15) is 5.26 Å². The van der Waals surface area contributed by atoms with Crippen LogP contribution in [0.4, 0.5) is 5.69 Å². The highest BCUT2D eigenvalue weighted by Crippen LogP contribution is 2.47. The Hall–Kier alpha value is -1.86. The zero-order valence-corrected chi connectivity index (χ0v) is 12.9. The topological polar surface area (TPSA) is 39.9 Å². The molecular weight excluding hydrogens is 278 g/mol. The maximum atomic E-state index is 10.1. The number of nitrogens with zero attached hydrogens (tertiary/aromatic N) is 3. The van der Waals surface area contributed by atoms with Crippen LogP contribution < -0.4 is 4.90 Å². The van der Waals surface area contributed by atoms with Crippen LogP contribution in [0.3, 0.4) is 0 Å². The lowest BCUT2D eigenvalue weighted by molar-refractivity contribution is 0.408. The zero-order chi connectivity index (χ0) is 14.4. The Kier molecular flexibility index (Phi) is 2.80. The molecule has 2 atom stereocenters. The molecule has 0 N–H and O–H groups in total. The summed E-state index contributed by atoms with van der Waals surface area (Å²) in [6.45, 7) is 3.12. The fourth-order valence-electron chi connectivity index (χ4n) is 3.87. The predicted molar refractivity (Wildman–Crippen MR) is 84.7 cm³/mol. The number of fused-ring (bicyclic) bond motifs is 3. The van der Waals surface area contributed by atoms with Crippen molar-refractivity contribution in [1.82, 2.24) is 4.98 Å². The molecule has 3 nitrogen and oxygen atoms in total. The largest absolute Gasteiger partial charge is 0.366 e. The summed E-state index contributed by atoms with van der Waals surface area (Å²) in [4.78, 5) is 8.21. The number of hydrogen-bond acceptors (Lipinski definition) is 4. The van der Waals surface area contributed by atoms with Gasteiger partial charge in [-0.05, 0) is 31.4 Å². The molecule has 4 heteroatoms. The number of nitriles is 1. The summed E-state index contributed by atoms with van der Waals surface area (Å²) >= 11 is 1.68. The first-order chi connectivity index (χ1) is 10.2. The number of rotatable bonds is 1. The molecule has 0 amide bonds. The summed E-state index contributed by atoms with van der Waals surface area (Å²) in [6.07, 6.45) is 4.93. The predicted octanol–water partition coefficient (Wildman–Crippen LogP) is 3.44. The lowest BCUT2D eigenvalue weighted by Gasteiger charge is -2.43. The minimum atomic E-state index is -0.482. The molecule has 4 rings (SSSR count). The van der Waals surface area contributed by atoms with E-state index in [1.54, 1.807) is 11.3 Å². The Morgan fingerprint density at radius 3 is 3.05 bits per heavy atom. The van der Waals surface area contributed by atoms with E-state index in [2.05, 4.69) is 47.1 Å². The average Bonchev–Trinajstić information content (AvgIpc) is 3.15. The van der Waals surface area contributed by atoms with Crippen molar-refractivity contribution in [2.75, 3.05) is 11.4 Å². The molecule has 1 aromatic heterocycles. The molecule has 0 unspecified atom stereocenters. The maximum Gasteiger partial charge on any atom is 0.133 e. The van der Waals surface area contributed by atoms with Gasteiger partial charge >= 0.3 is 0 Å². The van der Waals surface area contributed by atoms with Gasteiger partial charge < -0.3 is 4.90 Å². The Morgan fingerprint density at radius 2 is 2.29 bits per heavy atom. The van der Waals surface area contributed by atoms with Gasteiger partial charge in [-0.1, -0.05) is 18.2 Å². The molecule has 2 aliphatic rings. The standard InChI is InChI=1S/C17H17N3S/c1-12-10-19-16(21-12)17(11-18)9-13-5-2-3-6-14(13)20-8-4-7-15(17)20/h2-3,5-6,10,15H,4,7-9H2,1H3/t15-,17+/m0/s1. The fourth-order valence-corrected chi connectivity index (χ4v) is 4.82. The third-order valence-electron chi connectivity index (χ3n) is 4.79. The van der Waals surface area contributed by atoms with E-state index in [0.717, 1.165) is 30.8 Å². The fraction of sp³-hybridized carbons (Fsp3) is 0.412. The minimum Gasteiger partial charge on any atom is -0.366 e. The van der Waals surface area contributed by atoms with Crippen LogP contribution >= 0.6 is 11.3 Å². The molecule has 0 spiro atoms. The third kappa shape index (κ3) is 1.74. The molecule has 2 aliphatic heterocycles. The van der Waals surface area contributed by atoms with Gasteiger partial charge in [0.2, 0.25) is 0 Å². The molecule has 0 radical (unpaired) electrons. The highest BCUT2D eigenvalue weighted by molar-refractivity contribution is 7.11. The molecular formula is C17H17N3S. The van der Waals surface area contributed by atoms with Gasteiger partial charge in [0.15, 0.2) is 0 Å². The summed E-state index contributed by atoms with van der Waals surface area (Å²) in [5, 5.41) is 11.1. The summed E-state index contributed by atoms with van der Waals surface area (Å²) < 4.78 is 0. The van der Waals surface area contributed by atoms with Crippen molar-refractivity contribution >= 4 is 17.0 Å². The molecule has 3 heterocycles. The molecule has 106 valence electrons. The number of aromatic nitrogens is 1. The van der Waals surface area contributed by atoms with Crippen LogP contribution in [0.2, 0.25) is 0 Å². The van der Waals surface area contributed by atoms with Crippen LogP contribution in [-0.2, 0) is 11.8 Å². The Labute approximate surface area is 128 Å². The van der Waals surface area contributed by atoms with Crippen LogP contribution in [0.5, 0.6) is 0 Å². The van der Waals surface area contributed by atoms with E-state index >= 15 is 0 Å². The molecule has 0 bridgehead atoms. The SMILES string of the molecule is Cc1cnc([C@@]2(C#N)Cc3ccccc3N3CCC[C@H]32)s1. The number of aryl methyl sites for hydroxylation is 1. The van der Waals surface area contributed by atoms with Crippen LogP contribution in [0, 0.1) is 18.3 Å². The van der Waals surface area contributed by atoms with Crippen LogP contribution in [0.25, 0.3) is 0 Å². The molecule has 0 aliphatic carbocycles. The summed E-state index contributed by atoms with van der Waals surface area (Å²) in [5.41, 5.74) is 2.12. The van der Waals surface area contributed by atoms with Crippen molar-refractivity contribution in [3.63, 3.8) is 0 Å². The zero-order valence-electron chi connectivity index (χ0n) is 12.0. The quantitative estimate of drug-likeness (QED) is 0.809. The second-order valence-electron chi connectivity index (χ2n) is 6.02. The first-order valence-corrected chi connectivity index (χ1v) is 8.25. The number of hydrogen-bond donors (Lipinski definition) is 0. The van der Waals surface area contributed by atoms with Crippen molar-refractivity contribution in [1.29, 1.82) is 5.26 Å². The van der Waals surface area contributed by atoms with E-state index in [1.807, 2.05) is 6.20 Å². The number of anilines is 1. The van der Waals surface area contributed by atoms with Crippen LogP contribution in [0.1, 0.15) is 28.3 Å².